The van der Waals surface area contributed by atoms with Crippen LogP contribution in [0.15, 0.2) is 0 Å². The molecule has 0 aromatic heterocycles. The van der Waals surface area contributed by atoms with Crippen molar-refractivity contribution in [3.63, 3.8) is 0 Å². The second kappa shape index (κ2) is 49.7. The molecule has 0 saturated heterocycles. The Morgan fingerprint density at radius 3 is 1.03 bits per heavy atom. The van der Waals surface area contributed by atoms with Gasteiger partial charge in [0.15, 0.2) is 0 Å². The zero-order chi connectivity index (χ0) is 44.8. The molecule has 0 heterocycles. The summed E-state index contributed by atoms with van der Waals surface area (Å²) >= 11 is 4.57. The lowest BCUT2D eigenvalue weighted by Crippen LogP contribution is -2.38. The zero-order valence-corrected chi connectivity index (χ0v) is 44.9. The molecule has 0 aliphatic rings. The molecule has 0 saturated carbocycles. The van der Waals surface area contributed by atoms with Crippen molar-refractivity contribution < 1.29 is 18.1 Å². The van der Waals surface area contributed by atoms with Crippen molar-refractivity contribution in [2.24, 2.45) is 0 Å². The van der Waals surface area contributed by atoms with E-state index < -0.39 is 7.75 Å². The summed E-state index contributed by atoms with van der Waals surface area (Å²) in [6.45, 7) is 11.6. The van der Waals surface area contributed by atoms with Gasteiger partial charge in [0, 0.05) is 24.6 Å². The number of nitrogens with zero attached hydrogens (tertiary/aromatic N) is 1. The highest BCUT2D eigenvalue weighted by molar-refractivity contribution is 8.00. The highest BCUT2D eigenvalue weighted by Gasteiger charge is 2.24. The molecule has 0 aromatic rings. The third kappa shape index (κ3) is 48.7. The van der Waals surface area contributed by atoms with Gasteiger partial charge in [-0.2, -0.15) is 23.5 Å². The first-order valence-electron chi connectivity index (χ1n) is 27.2. The summed E-state index contributed by atoms with van der Waals surface area (Å²) in [7, 11) is 4.96. The number of quaternary nitrogens is 1. The van der Waals surface area contributed by atoms with Crippen LogP contribution in [0.3, 0.4) is 0 Å². The van der Waals surface area contributed by atoms with E-state index in [0.717, 1.165) is 42.7 Å². The quantitative estimate of drug-likeness (QED) is 0.0284. The molecular formula is C54H115N2O3PS2. The van der Waals surface area contributed by atoms with E-state index in [2.05, 4.69) is 77.4 Å². The molecule has 0 aromatic carbocycles. The zero-order valence-electron chi connectivity index (χ0n) is 42.4. The average Bonchev–Trinajstić information content (AvgIpc) is 3.23. The minimum atomic E-state index is -3.32. The molecule has 0 radical (unpaired) electrons. The van der Waals surface area contributed by atoms with E-state index in [1.54, 1.807) is 0 Å². The summed E-state index contributed by atoms with van der Waals surface area (Å²) in [5, 5.41) is 4.91. The molecule has 1 N–H and O–H groups in total. The third-order valence-electron chi connectivity index (χ3n) is 12.3. The van der Waals surface area contributed by atoms with Gasteiger partial charge in [0.2, 0.25) is 0 Å². The van der Waals surface area contributed by atoms with Crippen LogP contribution in [0.2, 0.25) is 0 Å². The van der Waals surface area contributed by atoms with Gasteiger partial charge in [0.05, 0.1) is 26.3 Å². The van der Waals surface area contributed by atoms with Crippen molar-refractivity contribution in [2.45, 2.75) is 290 Å². The Balaban J connectivity index is 0. The van der Waals surface area contributed by atoms with Gasteiger partial charge in [0.1, 0.15) is 0 Å². The van der Waals surface area contributed by atoms with E-state index in [-0.39, 0.29) is 7.43 Å². The van der Waals surface area contributed by atoms with Crippen LogP contribution in [0.1, 0.15) is 279 Å². The molecule has 376 valence electrons. The van der Waals surface area contributed by atoms with Crippen LogP contribution >= 0.6 is 31.3 Å². The Kier molecular flexibility index (Phi) is 52.0. The van der Waals surface area contributed by atoms with Crippen molar-refractivity contribution >= 4 is 31.3 Å². The van der Waals surface area contributed by atoms with Crippen molar-refractivity contribution in [2.75, 3.05) is 51.9 Å². The Bertz CT molecular complexity index is 907. The first kappa shape index (κ1) is 64.9. The Morgan fingerprint density at radius 2 is 0.726 bits per heavy atom. The number of nitrogens with one attached hydrogen (secondary N) is 1. The second-order valence-electron chi connectivity index (χ2n) is 19.5. The van der Waals surface area contributed by atoms with Gasteiger partial charge in [-0.1, -0.05) is 228 Å². The standard InChI is InChI=1S/C53H111N2O3PS2.CH4/c1-8-12-16-20-23-29-35-43-53(61-51-41-19-15-11-4)45-37-31-25-27-33-39-49-58-59(56,54-46-47-55(5,6)7)57-48-38-32-26-22-24-30-36-44-52(60-50-40-18-14-10-3)42-34-28-21-17-13-9-2;/h52-53H,5,8-51H2,1-4,6-7H3,(H,54,56);1H4. The topological polar surface area (TPSA) is 47.6 Å². The summed E-state index contributed by atoms with van der Waals surface area (Å²) in [6, 6.07) is 0. The van der Waals surface area contributed by atoms with Gasteiger partial charge in [-0.3, -0.25) is 9.05 Å². The lowest BCUT2D eigenvalue weighted by molar-refractivity contribution is -0.844. The molecule has 0 aliphatic heterocycles. The molecule has 0 amide bonds. The maximum absolute atomic E-state index is 13.7. The highest BCUT2D eigenvalue weighted by atomic mass is 32.2. The summed E-state index contributed by atoms with van der Waals surface area (Å²) in [4.78, 5) is 0. The Labute approximate surface area is 401 Å². The van der Waals surface area contributed by atoms with E-state index in [1.807, 2.05) is 0 Å². The molecule has 8 heteroatoms. The van der Waals surface area contributed by atoms with Crippen LogP contribution < -0.4 is 5.09 Å². The fourth-order valence-corrected chi connectivity index (χ4v) is 12.3. The van der Waals surface area contributed by atoms with Gasteiger partial charge in [0.25, 0.3) is 0 Å². The maximum Gasteiger partial charge on any atom is 0.405 e. The van der Waals surface area contributed by atoms with Gasteiger partial charge in [-0.05, 0) is 62.9 Å². The van der Waals surface area contributed by atoms with Crippen molar-refractivity contribution in [1.29, 1.82) is 0 Å². The minimum Gasteiger partial charge on any atom is -0.461 e. The molecule has 3 unspecified atom stereocenters. The van der Waals surface area contributed by atoms with Gasteiger partial charge in [-0.15, -0.1) is 7.05 Å². The largest absolute Gasteiger partial charge is 0.461 e. The molecular weight excluding hydrogens is 820 g/mol. The average molecular weight is 936 g/mol. The molecule has 0 spiro atoms. The fraction of sp³-hybridized carbons (Fsp3) is 0.981. The SMILES string of the molecule is C.[CH2-][N+](C)(C)CCNP(=O)(OCCCCCCCCCC(CCCCCCCC)SCCCCCC)OCCCCCCCCC(CCCCCCCCC)SCCCCCC. The molecule has 0 aliphatic carbocycles. The minimum absolute atomic E-state index is 0. The number of hydrogen-bond acceptors (Lipinski definition) is 5. The van der Waals surface area contributed by atoms with Crippen molar-refractivity contribution in [3.05, 3.63) is 7.05 Å². The Morgan fingerprint density at radius 1 is 0.452 bits per heavy atom. The lowest BCUT2D eigenvalue weighted by Gasteiger charge is -2.33. The number of likely N-dealkylation sites (N-methyl/N-ethyl adjacent to an activating group) is 1. The molecule has 5 nitrogen and oxygen atoms in total. The predicted molar refractivity (Wildman–Crippen MR) is 287 cm³/mol. The first-order chi connectivity index (χ1) is 29.7. The van der Waals surface area contributed by atoms with E-state index in [0.29, 0.717) is 24.2 Å². The molecule has 0 rings (SSSR count). The summed E-state index contributed by atoms with van der Waals surface area (Å²) in [6.07, 6.45) is 51.1. The van der Waals surface area contributed by atoms with Gasteiger partial charge >= 0.3 is 7.75 Å². The Hall–Kier alpha value is 0.770. The summed E-state index contributed by atoms with van der Waals surface area (Å²) in [5.41, 5.74) is 0. The van der Waals surface area contributed by atoms with Crippen LogP contribution in [0.4, 0.5) is 0 Å². The predicted octanol–water partition coefficient (Wildman–Crippen LogP) is 19.3. The fourth-order valence-electron chi connectivity index (χ4n) is 8.19. The van der Waals surface area contributed by atoms with Crippen LogP contribution in [0, 0.1) is 7.05 Å². The number of hydrogen-bond donors (Lipinski definition) is 1. The van der Waals surface area contributed by atoms with E-state index in [4.69, 9.17) is 9.05 Å². The number of rotatable bonds is 52. The van der Waals surface area contributed by atoms with E-state index in [1.165, 1.54) is 230 Å². The van der Waals surface area contributed by atoms with Crippen LogP contribution in [-0.4, -0.2) is 66.9 Å². The van der Waals surface area contributed by atoms with Crippen LogP contribution in [0.25, 0.3) is 0 Å². The summed E-state index contributed by atoms with van der Waals surface area (Å²) in [5.74, 6) is 2.72. The molecule has 0 fully saturated rings. The monoisotopic (exact) mass is 935 g/mol. The molecule has 0 bridgehead atoms. The summed E-state index contributed by atoms with van der Waals surface area (Å²) < 4.78 is 26.3. The van der Waals surface area contributed by atoms with Crippen molar-refractivity contribution in [1.82, 2.24) is 5.09 Å². The molecule has 3 atom stereocenters. The number of thioether (sulfide) groups is 2. The normalized spacial score (nSPS) is 13.9. The smallest absolute Gasteiger partial charge is 0.405 e. The van der Waals surface area contributed by atoms with Gasteiger partial charge < -0.3 is 4.48 Å². The molecule has 62 heavy (non-hydrogen) atoms. The second-order valence-corrected chi connectivity index (χ2v) is 24.1. The van der Waals surface area contributed by atoms with Crippen molar-refractivity contribution in [3.8, 4) is 0 Å². The van der Waals surface area contributed by atoms with Crippen LogP contribution in [0.5, 0.6) is 0 Å². The van der Waals surface area contributed by atoms with Crippen LogP contribution in [-0.2, 0) is 13.6 Å². The third-order valence-corrected chi connectivity index (χ3v) is 16.9. The first-order valence-corrected chi connectivity index (χ1v) is 30.9. The highest BCUT2D eigenvalue weighted by Crippen LogP contribution is 2.44. The van der Waals surface area contributed by atoms with E-state index >= 15 is 0 Å². The maximum atomic E-state index is 13.7. The van der Waals surface area contributed by atoms with Gasteiger partial charge in [-0.25, -0.2) is 9.65 Å². The number of unbranched alkanes of at least 4 members (excludes halogenated alkanes) is 28. The van der Waals surface area contributed by atoms with E-state index in [9.17, 15) is 4.57 Å². The lowest BCUT2D eigenvalue weighted by atomic mass is 10.0.